The Bertz CT molecular complexity index is 648. The molecule has 0 saturated carbocycles. The van der Waals surface area contributed by atoms with Gasteiger partial charge in [0.25, 0.3) is 5.91 Å². The molecule has 0 aliphatic carbocycles. The van der Waals surface area contributed by atoms with Gasteiger partial charge in [-0.25, -0.2) is 4.79 Å². The molecule has 2 rings (SSSR count). The highest BCUT2D eigenvalue weighted by molar-refractivity contribution is 7.08. The Morgan fingerprint density at radius 3 is 2.43 bits per heavy atom. The molecule has 5 nitrogen and oxygen atoms in total. The normalized spacial score (nSPS) is 11.9. The number of benzene rings is 1. The predicted molar refractivity (Wildman–Crippen MR) is 79.8 cm³/mol. The molecule has 1 amide bonds. The second-order valence-corrected chi connectivity index (χ2v) is 5.45. The summed E-state index contributed by atoms with van der Waals surface area (Å²) < 4.78 is 0. The van der Waals surface area contributed by atoms with Crippen LogP contribution in [0.2, 0.25) is 0 Å². The van der Waals surface area contributed by atoms with Crippen LogP contribution in [-0.2, 0) is 11.2 Å². The minimum Gasteiger partial charge on any atom is -0.508 e. The van der Waals surface area contributed by atoms with E-state index >= 15 is 0 Å². The van der Waals surface area contributed by atoms with Crippen molar-refractivity contribution in [1.29, 1.82) is 0 Å². The van der Waals surface area contributed by atoms with Crippen molar-refractivity contribution in [1.82, 2.24) is 5.32 Å². The van der Waals surface area contributed by atoms with Crippen LogP contribution in [0.3, 0.4) is 0 Å². The van der Waals surface area contributed by atoms with Gasteiger partial charge in [-0.05, 0) is 35.6 Å². The topological polar surface area (TPSA) is 86.6 Å². The van der Waals surface area contributed by atoms with Gasteiger partial charge in [0, 0.05) is 11.8 Å². The molecule has 0 fully saturated rings. The Hall–Kier alpha value is -2.34. The van der Waals surface area contributed by atoms with Crippen molar-refractivity contribution >= 4 is 23.2 Å². The number of hydrogen-bond donors (Lipinski definition) is 3. The fraction of sp³-hybridized carbons (Fsp3) is 0.200. The molecule has 0 radical (unpaired) electrons. The SMILES string of the molecule is Cc1cscc1C(=O)N[C@H](Cc1ccc(O)cc1)C(=O)O. The van der Waals surface area contributed by atoms with Crippen LogP contribution in [0, 0.1) is 6.92 Å². The molecular formula is C15H15NO4S. The van der Waals surface area contributed by atoms with Gasteiger partial charge in [0.1, 0.15) is 11.8 Å². The molecule has 3 N–H and O–H groups in total. The Labute approximate surface area is 125 Å². The van der Waals surface area contributed by atoms with Crippen molar-refractivity contribution in [3.8, 4) is 5.75 Å². The molecule has 21 heavy (non-hydrogen) atoms. The van der Waals surface area contributed by atoms with E-state index in [1.165, 1.54) is 23.5 Å². The van der Waals surface area contributed by atoms with Crippen molar-refractivity contribution in [2.75, 3.05) is 0 Å². The highest BCUT2D eigenvalue weighted by Gasteiger charge is 2.22. The van der Waals surface area contributed by atoms with E-state index in [0.29, 0.717) is 5.56 Å². The highest BCUT2D eigenvalue weighted by atomic mass is 32.1. The molecule has 1 heterocycles. The molecule has 0 aliphatic heterocycles. The summed E-state index contributed by atoms with van der Waals surface area (Å²) in [6, 6.07) is 5.22. The number of rotatable bonds is 5. The summed E-state index contributed by atoms with van der Waals surface area (Å²) in [7, 11) is 0. The number of carboxylic acids is 1. The van der Waals surface area contributed by atoms with Gasteiger partial charge < -0.3 is 15.5 Å². The highest BCUT2D eigenvalue weighted by Crippen LogP contribution is 2.15. The summed E-state index contributed by atoms with van der Waals surface area (Å²) in [5, 5.41) is 24.5. The lowest BCUT2D eigenvalue weighted by Crippen LogP contribution is -2.42. The minimum absolute atomic E-state index is 0.114. The first-order valence-corrected chi connectivity index (χ1v) is 7.26. The number of aliphatic carboxylic acids is 1. The summed E-state index contributed by atoms with van der Waals surface area (Å²) in [6.07, 6.45) is 0.157. The quantitative estimate of drug-likeness (QED) is 0.790. The van der Waals surface area contributed by atoms with Crippen LogP contribution in [-0.4, -0.2) is 28.1 Å². The first kappa shape index (κ1) is 15.1. The van der Waals surface area contributed by atoms with E-state index in [1.807, 2.05) is 5.38 Å². The Kier molecular flexibility index (Phi) is 4.59. The second kappa shape index (κ2) is 6.41. The average molecular weight is 305 g/mol. The number of phenols is 1. The molecule has 0 aliphatic rings. The Morgan fingerprint density at radius 1 is 1.24 bits per heavy atom. The molecule has 110 valence electrons. The number of nitrogens with one attached hydrogen (secondary N) is 1. The maximum absolute atomic E-state index is 12.1. The lowest BCUT2D eigenvalue weighted by atomic mass is 10.1. The third-order valence-electron chi connectivity index (χ3n) is 3.08. The van der Waals surface area contributed by atoms with Crippen LogP contribution in [0.15, 0.2) is 35.0 Å². The zero-order valence-corrected chi connectivity index (χ0v) is 12.2. The molecule has 2 aromatic rings. The van der Waals surface area contributed by atoms with Crippen molar-refractivity contribution in [3.05, 3.63) is 51.7 Å². The van der Waals surface area contributed by atoms with Gasteiger partial charge in [-0.15, -0.1) is 0 Å². The van der Waals surface area contributed by atoms with Gasteiger partial charge in [-0.2, -0.15) is 11.3 Å². The lowest BCUT2D eigenvalue weighted by Gasteiger charge is -2.14. The molecule has 0 saturated heterocycles. The molecule has 1 aromatic heterocycles. The second-order valence-electron chi connectivity index (χ2n) is 4.70. The number of carboxylic acid groups (broad SMARTS) is 1. The van der Waals surface area contributed by atoms with Crippen LogP contribution in [0.25, 0.3) is 0 Å². The fourth-order valence-electron chi connectivity index (χ4n) is 1.90. The van der Waals surface area contributed by atoms with E-state index in [1.54, 1.807) is 24.4 Å². The van der Waals surface area contributed by atoms with Crippen molar-refractivity contribution in [2.24, 2.45) is 0 Å². The molecule has 0 bridgehead atoms. The third kappa shape index (κ3) is 3.82. The summed E-state index contributed by atoms with van der Waals surface area (Å²) in [5.74, 6) is -1.37. The Balaban J connectivity index is 2.09. The van der Waals surface area contributed by atoms with E-state index in [9.17, 15) is 19.8 Å². The van der Waals surface area contributed by atoms with Gasteiger partial charge in [-0.1, -0.05) is 12.1 Å². The monoisotopic (exact) mass is 305 g/mol. The number of carbonyl (C=O) groups excluding carboxylic acids is 1. The molecule has 0 spiro atoms. The van der Waals surface area contributed by atoms with Crippen LogP contribution >= 0.6 is 11.3 Å². The molecule has 0 unspecified atom stereocenters. The van der Waals surface area contributed by atoms with Gasteiger partial charge in [0.15, 0.2) is 0 Å². The van der Waals surface area contributed by atoms with Crippen molar-refractivity contribution in [3.63, 3.8) is 0 Å². The number of aromatic hydroxyl groups is 1. The lowest BCUT2D eigenvalue weighted by molar-refractivity contribution is -0.139. The summed E-state index contributed by atoms with van der Waals surface area (Å²) in [5.41, 5.74) is 2.05. The summed E-state index contributed by atoms with van der Waals surface area (Å²) in [4.78, 5) is 23.4. The molecular weight excluding hydrogens is 290 g/mol. The van der Waals surface area contributed by atoms with Crippen molar-refractivity contribution < 1.29 is 19.8 Å². The zero-order valence-electron chi connectivity index (χ0n) is 11.4. The predicted octanol–water partition coefficient (Wildman–Crippen LogP) is 2.19. The van der Waals surface area contributed by atoms with Crippen LogP contribution < -0.4 is 5.32 Å². The number of carbonyl (C=O) groups is 2. The average Bonchev–Trinajstić information content (AvgIpc) is 2.86. The largest absolute Gasteiger partial charge is 0.508 e. The van der Waals surface area contributed by atoms with E-state index in [0.717, 1.165) is 11.1 Å². The molecule has 6 heteroatoms. The third-order valence-corrected chi connectivity index (χ3v) is 3.94. The van der Waals surface area contributed by atoms with Gasteiger partial charge >= 0.3 is 5.97 Å². The first-order chi connectivity index (χ1) is 9.97. The summed E-state index contributed by atoms with van der Waals surface area (Å²) >= 11 is 1.40. The van der Waals surface area contributed by atoms with E-state index in [-0.39, 0.29) is 18.1 Å². The standard InChI is InChI=1S/C15H15NO4S/c1-9-7-21-8-12(9)14(18)16-13(15(19)20)6-10-2-4-11(17)5-3-10/h2-5,7-8,13,17H,6H2,1H3,(H,16,18)(H,19,20)/t13-/m1/s1. The maximum atomic E-state index is 12.1. The van der Waals surface area contributed by atoms with E-state index < -0.39 is 12.0 Å². The maximum Gasteiger partial charge on any atom is 0.326 e. The van der Waals surface area contributed by atoms with Gasteiger partial charge in [-0.3, -0.25) is 4.79 Å². The van der Waals surface area contributed by atoms with Crippen LogP contribution in [0.5, 0.6) is 5.75 Å². The van der Waals surface area contributed by atoms with Gasteiger partial charge in [0.2, 0.25) is 0 Å². The number of hydrogen-bond acceptors (Lipinski definition) is 4. The molecule has 1 atom stereocenters. The molecule has 1 aromatic carbocycles. The minimum atomic E-state index is -1.09. The smallest absolute Gasteiger partial charge is 0.326 e. The van der Waals surface area contributed by atoms with E-state index in [4.69, 9.17) is 0 Å². The number of aryl methyl sites for hydroxylation is 1. The van der Waals surface area contributed by atoms with Crippen LogP contribution in [0.4, 0.5) is 0 Å². The van der Waals surface area contributed by atoms with Crippen LogP contribution in [0.1, 0.15) is 21.5 Å². The first-order valence-electron chi connectivity index (χ1n) is 6.31. The number of thiophene rings is 1. The number of amides is 1. The van der Waals surface area contributed by atoms with Crippen molar-refractivity contribution in [2.45, 2.75) is 19.4 Å². The zero-order chi connectivity index (χ0) is 15.4. The fourth-order valence-corrected chi connectivity index (χ4v) is 2.73. The summed E-state index contributed by atoms with van der Waals surface area (Å²) in [6.45, 7) is 1.81. The number of phenolic OH excluding ortho intramolecular Hbond substituents is 1. The Morgan fingerprint density at radius 2 is 1.90 bits per heavy atom. The van der Waals surface area contributed by atoms with E-state index in [2.05, 4.69) is 5.32 Å². The van der Waals surface area contributed by atoms with Gasteiger partial charge in [0.05, 0.1) is 5.56 Å².